The number of aromatic nitrogens is 1. The molecule has 2 aromatic carbocycles. The maximum atomic E-state index is 11.6. The minimum absolute atomic E-state index is 0.172. The number of aromatic hydroxyl groups is 1. The molecule has 1 aliphatic rings. The van der Waals surface area contributed by atoms with Crippen LogP contribution in [-0.4, -0.2) is 74.8 Å². The summed E-state index contributed by atoms with van der Waals surface area (Å²) in [6.45, 7) is 4.99. The molecule has 0 unspecified atom stereocenters. The van der Waals surface area contributed by atoms with Gasteiger partial charge in [-0.3, -0.25) is 9.78 Å². The summed E-state index contributed by atoms with van der Waals surface area (Å²) in [6, 6.07) is 13.2. The number of para-hydroxylation sites is 1. The third-order valence-corrected chi connectivity index (χ3v) is 6.34. The zero-order valence-corrected chi connectivity index (χ0v) is 20.3. The monoisotopic (exact) mass is 479 g/mol. The maximum absolute atomic E-state index is 11.6. The fraction of sp³-hybridized carbons (Fsp3) is 0.308. The lowest BCUT2D eigenvalue weighted by molar-refractivity contribution is -0.107. The molecule has 1 aliphatic heterocycles. The van der Waals surface area contributed by atoms with Crippen LogP contribution in [0.1, 0.15) is 0 Å². The Bertz CT molecular complexity index is 1150. The van der Waals surface area contributed by atoms with Gasteiger partial charge in [-0.05, 0) is 37.9 Å². The van der Waals surface area contributed by atoms with Gasteiger partial charge >= 0.3 is 0 Å². The van der Waals surface area contributed by atoms with Crippen molar-refractivity contribution in [2.24, 2.45) is 0 Å². The van der Waals surface area contributed by atoms with Crippen LogP contribution in [0.25, 0.3) is 22.3 Å². The third kappa shape index (κ3) is 5.33. The predicted octanol–water partition coefficient (Wildman–Crippen LogP) is 3.71. The van der Waals surface area contributed by atoms with Crippen molar-refractivity contribution in [2.45, 2.75) is 0 Å². The predicted molar refractivity (Wildman–Crippen MR) is 139 cm³/mol. The zero-order valence-electron chi connectivity index (χ0n) is 19.5. The lowest BCUT2D eigenvalue weighted by Crippen LogP contribution is -2.43. The Morgan fingerprint density at radius 3 is 2.47 bits per heavy atom. The molecule has 2 heterocycles. The van der Waals surface area contributed by atoms with E-state index < -0.39 is 0 Å². The molecule has 8 heteroatoms. The van der Waals surface area contributed by atoms with Crippen LogP contribution < -0.4 is 15.1 Å². The molecule has 0 radical (unpaired) electrons. The SMILES string of the molecule is CN(C)CCN(C=O)c1ccc(-c2cccc(-c3cncc(N4CCNCC4)c3)c2O)cc1Cl. The number of likely N-dealkylation sites (N-methyl/N-ethyl adjacent to an activating group) is 1. The highest BCUT2D eigenvalue weighted by Gasteiger charge is 2.17. The van der Waals surface area contributed by atoms with Crippen LogP contribution in [-0.2, 0) is 4.79 Å². The summed E-state index contributed by atoms with van der Waals surface area (Å²) < 4.78 is 0. The van der Waals surface area contributed by atoms with E-state index in [-0.39, 0.29) is 5.75 Å². The van der Waals surface area contributed by atoms with Crippen LogP contribution in [0.2, 0.25) is 5.02 Å². The van der Waals surface area contributed by atoms with Crippen molar-refractivity contribution in [2.75, 3.05) is 63.2 Å². The van der Waals surface area contributed by atoms with E-state index in [2.05, 4.69) is 21.3 Å². The molecule has 34 heavy (non-hydrogen) atoms. The second kappa shape index (κ2) is 10.9. The lowest BCUT2D eigenvalue weighted by atomic mass is 9.97. The summed E-state index contributed by atoms with van der Waals surface area (Å²) in [7, 11) is 3.91. The minimum atomic E-state index is 0.172. The maximum Gasteiger partial charge on any atom is 0.214 e. The minimum Gasteiger partial charge on any atom is -0.507 e. The second-order valence-electron chi connectivity index (χ2n) is 8.64. The van der Waals surface area contributed by atoms with E-state index >= 15 is 0 Å². The van der Waals surface area contributed by atoms with Crippen molar-refractivity contribution in [3.63, 3.8) is 0 Å². The van der Waals surface area contributed by atoms with E-state index in [1.807, 2.05) is 55.5 Å². The first-order valence-corrected chi connectivity index (χ1v) is 11.8. The van der Waals surface area contributed by atoms with E-state index in [1.165, 1.54) is 0 Å². The first-order chi connectivity index (χ1) is 16.5. The van der Waals surface area contributed by atoms with Crippen LogP contribution in [0.3, 0.4) is 0 Å². The van der Waals surface area contributed by atoms with Gasteiger partial charge in [0.2, 0.25) is 6.41 Å². The fourth-order valence-corrected chi connectivity index (χ4v) is 4.41. The number of rotatable bonds is 8. The quantitative estimate of drug-likeness (QED) is 0.480. The third-order valence-electron chi connectivity index (χ3n) is 6.04. The molecule has 0 spiro atoms. The van der Waals surface area contributed by atoms with Crippen molar-refractivity contribution >= 4 is 29.4 Å². The molecule has 1 fully saturated rings. The largest absolute Gasteiger partial charge is 0.507 e. The van der Waals surface area contributed by atoms with Crippen molar-refractivity contribution in [1.82, 2.24) is 15.2 Å². The molecular weight excluding hydrogens is 450 g/mol. The molecule has 0 bridgehead atoms. The van der Waals surface area contributed by atoms with E-state index in [9.17, 15) is 9.90 Å². The Hall–Kier alpha value is -3.13. The number of nitrogens with zero attached hydrogens (tertiary/aromatic N) is 4. The second-order valence-corrected chi connectivity index (χ2v) is 9.05. The number of piperazine rings is 1. The normalized spacial score (nSPS) is 13.8. The van der Waals surface area contributed by atoms with E-state index in [0.29, 0.717) is 28.4 Å². The molecule has 4 rings (SSSR count). The van der Waals surface area contributed by atoms with E-state index in [0.717, 1.165) is 55.9 Å². The number of hydrogen-bond acceptors (Lipinski definition) is 6. The summed E-state index contributed by atoms with van der Waals surface area (Å²) in [5.74, 6) is 0.172. The summed E-state index contributed by atoms with van der Waals surface area (Å²) >= 11 is 6.57. The van der Waals surface area contributed by atoms with E-state index in [4.69, 9.17) is 11.6 Å². The van der Waals surface area contributed by atoms with Gasteiger partial charge < -0.3 is 25.1 Å². The summed E-state index contributed by atoms with van der Waals surface area (Å²) in [6.07, 6.45) is 4.43. The van der Waals surface area contributed by atoms with Gasteiger partial charge in [0.25, 0.3) is 0 Å². The summed E-state index contributed by atoms with van der Waals surface area (Å²) in [4.78, 5) is 21.9. The number of amides is 1. The number of hydrogen-bond donors (Lipinski definition) is 2. The molecule has 0 atom stereocenters. The van der Waals surface area contributed by atoms with Crippen molar-refractivity contribution in [3.05, 3.63) is 59.9 Å². The van der Waals surface area contributed by atoms with Gasteiger partial charge in [0, 0.05) is 62.2 Å². The Morgan fingerprint density at radius 1 is 1.06 bits per heavy atom. The molecule has 0 aliphatic carbocycles. The standard InChI is InChI=1S/C26H30ClN5O2/c1-30(2)12-13-32(18-33)25-7-6-19(15-24(25)27)22-4-3-5-23(26(22)34)20-14-21(17-29-16-20)31-10-8-28-9-11-31/h3-7,14-18,28,34H,8-13H2,1-2H3. The topological polar surface area (TPSA) is 71.9 Å². The summed E-state index contributed by atoms with van der Waals surface area (Å²) in [5.41, 5.74) is 4.70. The lowest BCUT2D eigenvalue weighted by Gasteiger charge is -2.29. The molecule has 178 valence electrons. The van der Waals surface area contributed by atoms with Gasteiger partial charge in [-0.25, -0.2) is 0 Å². The number of nitrogens with one attached hydrogen (secondary N) is 1. The van der Waals surface area contributed by atoms with Gasteiger partial charge in [-0.15, -0.1) is 0 Å². The fourth-order valence-electron chi connectivity index (χ4n) is 4.13. The molecule has 1 amide bonds. The smallest absolute Gasteiger partial charge is 0.214 e. The Kier molecular flexibility index (Phi) is 7.67. The first-order valence-electron chi connectivity index (χ1n) is 11.4. The highest BCUT2D eigenvalue weighted by atomic mass is 35.5. The van der Waals surface area contributed by atoms with Crippen molar-refractivity contribution < 1.29 is 9.90 Å². The highest BCUT2D eigenvalue weighted by Crippen LogP contribution is 2.40. The van der Waals surface area contributed by atoms with Crippen LogP contribution in [0.4, 0.5) is 11.4 Å². The van der Waals surface area contributed by atoms with Gasteiger partial charge in [0.15, 0.2) is 0 Å². The number of phenolic OH excluding ortho intramolecular Hbond substituents is 1. The van der Waals surface area contributed by atoms with Crippen LogP contribution >= 0.6 is 11.6 Å². The van der Waals surface area contributed by atoms with Gasteiger partial charge in [0.05, 0.1) is 22.6 Å². The van der Waals surface area contributed by atoms with Crippen LogP contribution in [0.15, 0.2) is 54.9 Å². The molecular formula is C26H30ClN5O2. The Morgan fingerprint density at radius 2 is 1.79 bits per heavy atom. The number of carbonyl (C=O) groups is 1. The molecule has 1 aromatic heterocycles. The van der Waals surface area contributed by atoms with Crippen molar-refractivity contribution in [1.29, 1.82) is 0 Å². The Balaban J connectivity index is 1.64. The summed E-state index contributed by atoms with van der Waals surface area (Å²) in [5, 5.41) is 15.0. The number of benzene rings is 2. The first kappa shape index (κ1) is 24.0. The number of halogens is 1. The molecule has 7 nitrogen and oxygen atoms in total. The number of anilines is 2. The van der Waals surface area contributed by atoms with Crippen LogP contribution in [0, 0.1) is 0 Å². The molecule has 1 saturated heterocycles. The van der Waals surface area contributed by atoms with E-state index in [1.54, 1.807) is 17.2 Å². The van der Waals surface area contributed by atoms with Crippen molar-refractivity contribution in [3.8, 4) is 28.0 Å². The average Bonchev–Trinajstić information content (AvgIpc) is 2.86. The number of carbonyl (C=O) groups excluding carboxylic acids is 1. The molecule has 3 aromatic rings. The Labute approximate surface area is 205 Å². The average molecular weight is 480 g/mol. The molecule has 2 N–H and O–H groups in total. The van der Waals surface area contributed by atoms with Crippen LogP contribution in [0.5, 0.6) is 5.75 Å². The zero-order chi connectivity index (χ0) is 24.1. The number of pyridine rings is 1. The van der Waals surface area contributed by atoms with Gasteiger partial charge in [-0.1, -0.05) is 35.9 Å². The molecule has 0 saturated carbocycles. The highest BCUT2D eigenvalue weighted by molar-refractivity contribution is 6.34. The van der Waals surface area contributed by atoms with Gasteiger partial charge in [-0.2, -0.15) is 0 Å². The number of phenols is 1. The van der Waals surface area contributed by atoms with Gasteiger partial charge in [0.1, 0.15) is 5.75 Å².